The maximum Gasteiger partial charge on any atom is 0.257 e. The second-order valence-corrected chi connectivity index (χ2v) is 6.86. The van der Waals surface area contributed by atoms with Gasteiger partial charge in [0, 0.05) is 24.8 Å². The number of aromatic nitrogens is 1. The number of primary amides is 1. The Morgan fingerprint density at radius 1 is 1.08 bits per heavy atom. The van der Waals surface area contributed by atoms with Crippen molar-refractivity contribution in [3.8, 4) is 0 Å². The number of piperidine rings is 1. The summed E-state index contributed by atoms with van der Waals surface area (Å²) >= 11 is 11.7. The fourth-order valence-electron chi connectivity index (χ4n) is 2.94. The molecule has 0 spiro atoms. The van der Waals surface area contributed by atoms with E-state index in [1.165, 1.54) is 18.7 Å². The first-order valence-electron chi connectivity index (χ1n) is 8.27. The SMILES string of the molecule is NC(=O)c1ccc(N2CCCCC2)c(NC(=O)c2cnc(Cl)c(Cl)c2)c1. The van der Waals surface area contributed by atoms with Gasteiger partial charge in [-0.15, -0.1) is 0 Å². The van der Waals surface area contributed by atoms with Crippen LogP contribution < -0.4 is 16.0 Å². The summed E-state index contributed by atoms with van der Waals surface area (Å²) in [6.07, 6.45) is 4.71. The van der Waals surface area contributed by atoms with Crippen molar-refractivity contribution in [2.24, 2.45) is 5.73 Å². The summed E-state index contributed by atoms with van der Waals surface area (Å²) in [6.45, 7) is 1.79. The summed E-state index contributed by atoms with van der Waals surface area (Å²) in [5.41, 5.74) is 7.37. The van der Waals surface area contributed by atoms with Gasteiger partial charge in [-0.25, -0.2) is 4.98 Å². The largest absolute Gasteiger partial charge is 0.370 e. The van der Waals surface area contributed by atoms with E-state index in [0.717, 1.165) is 31.6 Å². The van der Waals surface area contributed by atoms with E-state index < -0.39 is 11.8 Å². The number of halogens is 2. The van der Waals surface area contributed by atoms with Crippen LogP contribution >= 0.6 is 23.2 Å². The van der Waals surface area contributed by atoms with E-state index in [1.54, 1.807) is 12.1 Å². The maximum absolute atomic E-state index is 12.6. The molecule has 2 heterocycles. The molecule has 3 rings (SSSR count). The molecule has 0 saturated carbocycles. The number of hydrogen-bond donors (Lipinski definition) is 2. The predicted molar refractivity (Wildman–Crippen MR) is 103 cm³/mol. The van der Waals surface area contributed by atoms with Crippen LogP contribution in [0.25, 0.3) is 0 Å². The highest BCUT2D eigenvalue weighted by Crippen LogP contribution is 2.30. The lowest BCUT2D eigenvalue weighted by molar-refractivity contribution is 0.0996. The zero-order valence-electron chi connectivity index (χ0n) is 14.0. The number of amides is 2. The van der Waals surface area contributed by atoms with Gasteiger partial charge in [-0.2, -0.15) is 0 Å². The molecule has 1 aromatic carbocycles. The van der Waals surface area contributed by atoms with Gasteiger partial charge in [0.1, 0.15) is 5.15 Å². The number of nitrogens with two attached hydrogens (primary N) is 1. The summed E-state index contributed by atoms with van der Waals surface area (Å²) in [6, 6.07) is 6.52. The summed E-state index contributed by atoms with van der Waals surface area (Å²) in [5.74, 6) is -0.946. The van der Waals surface area contributed by atoms with Crippen molar-refractivity contribution in [1.29, 1.82) is 0 Å². The molecular formula is C18H18Cl2N4O2. The highest BCUT2D eigenvalue weighted by atomic mass is 35.5. The van der Waals surface area contributed by atoms with Crippen LogP contribution in [-0.2, 0) is 0 Å². The number of pyridine rings is 1. The molecule has 1 fully saturated rings. The van der Waals surface area contributed by atoms with Gasteiger partial charge in [0.25, 0.3) is 5.91 Å². The van der Waals surface area contributed by atoms with Gasteiger partial charge >= 0.3 is 0 Å². The maximum atomic E-state index is 12.6. The summed E-state index contributed by atoms with van der Waals surface area (Å²) in [5, 5.41) is 3.16. The number of nitrogens with one attached hydrogen (secondary N) is 1. The van der Waals surface area contributed by atoms with Gasteiger partial charge in [-0.1, -0.05) is 23.2 Å². The zero-order valence-corrected chi connectivity index (χ0v) is 15.5. The zero-order chi connectivity index (χ0) is 18.7. The van der Waals surface area contributed by atoms with Crippen LogP contribution in [0.15, 0.2) is 30.5 Å². The Kier molecular flexibility index (Phi) is 5.64. The molecule has 3 N–H and O–H groups in total. The second kappa shape index (κ2) is 7.93. The predicted octanol–water partition coefficient (Wildman–Crippen LogP) is 3.73. The van der Waals surface area contributed by atoms with E-state index in [-0.39, 0.29) is 15.7 Å². The highest BCUT2D eigenvalue weighted by Gasteiger charge is 2.18. The molecule has 2 amide bonds. The number of benzene rings is 1. The first-order chi connectivity index (χ1) is 12.5. The Bertz CT molecular complexity index is 851. The van der Waals surface area contributed by atoms with Crippen LogP contribution in [-0.4, -0.2) is 29.9 Å². The van der Waals surface area contributed by atoms with Crippen LogP contribution in [0, 0.1) is 0 Å². The first kappa shape index (κ1) is 18.5. The normalized spacial score (nSPS) is 14.2. The molecule has 6 nitrogen and oxygen atoms in total. The molecule has 0 bridgehead atoms. The van der Waals surface area contributed by atoms with Crippen molar-refractivity contribution >= 4 is 46.4 Å². The van der Waals surface area contributed by atoms with Crippen molar-refractivity contribution in [2.45, 2.75) is 19.3 Å². The van der Waals surface area contributed by atoms with Crippen LogP contribution in [0.5, 0.6) is 0 Å². The molecule has 0 atom stereocenters. The van der Waals surface area contributed by atoms with E-state index in [2.05, 4.69) is 15.2 Å². The van der Waals surface area contributed by atoms with Crippen molar-refractivity contribution in [2.75, 3.05) is 23.3 Å². The minimum absolute atomic E-state index is 0.132. The molecule has 0 aliphatic carbocycles. The van der Waals surface area contributed by atoms with Gasteiger partial charge in [-0.3, -0.25) is 9.59 Å². The lowest BCUT2D eigenvalue weighted by atomic mass is 10.1. The van der Waals surface area contributed by atoms with Gasteiger partial charge in [0.2, 0.25) is 5.91 Å². The Balaban J connectivity index is 1.92. The monoisotopic (exact) mass is 392 g/mol. The number of carbonyl (C=O) groups is 2. The van der Waals surface area contributed by atoms with Crippen LogP contribution in [0.2, 0.25) is 10.2 Å². The fraction of sp³-hybridized carbons (Fsp3) is 0.278. The Morgan fingerprint density at radius 2 is 1.81 bits per heavy atom. The third kappa shape index (κ3) is 4.08. The van der Waals surface area contributed by atoms with Crippen LogP contribution in [0.3, 0.4) is 0 Å². The highest BCUT2D eigenvalue weighted by molar-refractivity contribution is 6.41. The number of anilines is 2. The van der Waals surface area contributed by atoms with Crippen molar-refractivity contribution in [3.63, 3.8) is 0 Å². The Hall–Kier alpha value is -2.31. The quantitative estimate of drug-likeness (QED) is 0.775. The summed E-state index contributed by atoms with van der Waals surface area (Å²) in [4.78, 5) is 30.2. The molecule has 1 aliphatic heterocycles. The van der Waals surface area contributed by atoms with Crippen molar-refractivity contribution in [1.82, 2.24) is 4.98 Å². The molecule has 1 aromatic heterocycles. The number of hydrogen-bond acceptors (Lipinski definition) is 4. The van der Waals surface area contributed by atoms with E-state index in [4.69, 9.17) is 28.9 Å². The van der Waals surface area contributed by atoms with Crippen molar-refractivity contribution < 1.29 is 9.59 Å². The Labute approximate surface area is 161 Å². The smallest absolute Gasteiger partial charge is 0.257 e. The topological polar surface area (TPSA) is 88.3 Å². The van der Waals surface area contributed by atoms with E-state index in [1.807, 2.05) is 6.07 Å². The van der Waals surface area contributed by atoms with Gasteiger partial charge in [-0.05, 0) is 43.5 Å². The molecule has 1 aliphatic rings. The van der Waals surface area contributed by atoms with Gasteiger partial charge in [0.05, 0.1) is 22.0 Å². The van der Waals surface area contributed by atoms with Crippen LogP contribution in [0.4, 0.5) is 11.4 Å². The third-order valence-corrected chi connectivity index (χ3v) is 4.97. The minimum atomic E-state index is -0.554. The molecule has 0 radical (unpaired) electrons. The molecule has 2 aromatic rings. The van der Waals surface area contributed by atoms with Crippen molar-refractivity contribution in [3.05, 3.63) is 51.8 Å². The first-order valence-corrected chi connectivity index (χ1v) is 9.02. The third-order valence-electron chi connectivity index (χ3n) is 4.28. The molecule has 26 heavy (non-hydrogen) atoms. The lowest BCUT2D eigenvalue weighted by Gasteiger charge is -2.30. The standard InChI is InChI=1S/C18H18Cl2N4O2/c19-13-8-12(10-22-16(13)20)18(26)23-14-9-11(17(21)25)4-5-15(14)24-6-2-1-3-7-24/h4-5,8-10H,1-3,6-7H2,(H2,21,25)(H,23,26). The molecule has 1 saturated heterocycles. The van der Waals surface area contributed by atoms with Gasteiger partial charge < -0.3 is 16.0 Å². The lowest BCUT2D eigenvalue weighted by Crippen LogP contribution is -2.30. The Morgan fingerprint density at radius 3 is 2.46 bits per heavy atom. The summed E-state index contributed by atoms with van der Waals surface area (Å²) in [7, 11) is 0. The number of carbonyl (C=O) groups excluding carboxylic acids is 2. The molecular weight excluding hydrogens is 375 g/mol. The summed E-state index contributed by atoms with van der Waals surface area (Å²) < 4.78 is 0. The molecule has 136 valence electrons. The molecule has 0 unspecified atom stereocenters. The average molecular weight is 393 g/mol. The fourth-order valence-corrected chi connectivity index (χ4v) is 3.21. The van der Waals surface area contributed by atoms with Gasteiger partial charge in [0.15, 0.2) is 0 Å². The molecule has 8 heteroatoms. The van der Waals surface area contributed by atoms with Crippen LogP contribution in [0.1, 0.15) is 40.0 Å². The second-order valence-electron chi connectivity index (χ2n) is 6.09. The number of nitrogens with zero attached hydrogens (tertiary/aromatic N) is 2. The van der Waals surface area contributed by atoms with E-state index in [9.17, 15) is 9.59 Å². The minimum Gasteiger partial charge on any atom is -0.370 e. The average Bonchev–Trinajstić information content (AvgIpc) is 2.64. The van der Waals surface area contributed by atoms with E-state index in [0.29, 0.717) is 11.3 Å². The number of rotatable bonds is 4. The van der Waals surface area contributed by atoms with E-state index >= 15 is 0 Å².